The molecule has 3 heteroatoms. The van der Waals surface area contributed by atoms with Crippen molar-refractivity contribution in [2.45, 2.75) is 25.3 Å². The molecule has 0 amide bonds. The van der Waals surface area contributed by atoms with Crippen molar-refractivity contribution in [3.05, 3.63) is 28.8 Å². The van der Waals surface area contributed by atoms with Gasteiger partial charge in [0, 0.05) is 6.04 Å². The van der Waals surface area contributed by atoms with Crippen molar-refractivity contribution in [3.63, 3.8) is 0 Å². The Bertz CT molecular complexity index is 321. The van der Waals surface area contributed by atoms with Gasteiger partial charge in [0.2, 0.25) is 0 Å². The smallest absolute Gasteiger partial charge is 0.134 e. The number of aromatic hydroxyl groups is 1. The average molecular weight is 212 g/mol. The summed E-state index contributed by atoms with van der Waals surface area (Å²) in [6.07, 6.45) is 3.46. The maximum atomic E-state index is 9.42. The highest BCUT2D eigenvalue weighted by Gasteiger charge is 2.14. The van der Waals surface area contributed by atoms with Crippen molar-refractivity contribution in [1.29, 1.82) is 0 Å². The van der Waals surface area contributed by atoms with Crippen molar-refractivity contribution in [3.8, 4) is 5.75 Å². The summed E-state index contributed by atoms with van der Waals surface area (Å²) in [6, 6.07) is 6.04. The van der Waals surface area contributed by atoms with Gasteiger partial charge in [0.05, 0.1) is 5.02 Å². The van der Waals surface area contributed by atoms with E-state index < -0.39 is 0 Å². The second kappa shape index (κ2) is 4.20. The van der Waals surface area contributed by atoms with Gasteiger partial charge in [0.25, 0.3) is 0 Å². The molecule has 0 aromatic heterocycles. The zero-order valence-electron chi connectivity index (χ0n) is 7.96. The lowest BCUT2D eigenvalue weighted by molar-refractivity contribution is 0.474. The zero-order valence-corrected chi connectivity index (χ0v) is 8.72. The van der Waals surface area contributed by atoms with Gasteiger partial charge in [-0.05, 0) is 43.5 Å². The molecule has 76 valence electrons. The van der Waals surface area contributed by atoms with Crippen LogP contribution < -0.4 is 5.32 Å². The number of hydrogen-bond acceptors (Lipinski definition) is 2. The summed E-state index contributed by atoms with van der Waals surface area (Å²) in [4.78, 5) is 0. The Kier molecular flexibility index (Phi) is 2.94. The summed E-state index contributed by atoms with van der Waals surface area (Å²) < 4.78 is 0. The second-order valence-corrected chi connectivity index (χ2v) is 4.19. The molecule has 2 N–H and O–H groups in total. The molecule has 2 nitrogen and oxygen atoms in total. The molecule has 0 spiro atoms. The van der Waals surface area contributed by atoms with Crippen molar-refractivity contribution in [1.82, 2.24) is 5.32 Å². The third kappa shape index (κ3) is 2.20. The van der Waals surface area contributed by atoms with Crippen molar-refractivity contribution >= 4 is 11.6 Å². The maximum absolute atomic E-state index is 9.42. The van der Waals surface area contributed by atoms with Gasteiger partial charge in [0.15, 0.2) is 0 Å². The molecule has 1 saturated heterocycles. The molecule has 1 aliphatic heterocycles. The van der Waals surface area contributed by atoms with Crippen LogP contribution in [0.2, 0.25) is 5.02 Å². The molecule has 0 aliphatic carbocycles. The second-order valence-electron chi connectivity index (χ2n) is 3.78. The SMILES string of the molecule is Oc1cc(CC2CCCN2)ccc1Cl. The topological polar surface area (TPSA) is 32.3 Å². The number of phenols is 1. The molecule has 1 aromatic rings. The standard InChI is InChI=1S/C11H14ClNO/c12-10-4-3-8(7-11(10)14)6-9-2-1-5-13-9/h3-4,7,9,13-14H,1-2,5-6H2. The predicted octanol–water partition coefficient (Wildman–Crippen LogP) is 2.34. The molecule has 1 aliphatic rings. The Labute approximate surface area is 88.9 Å². The largest absolute Gasteiger partial charge is 0.506 e. The molecule has 0 bridgehead atoms. The Morgan fingerprint density at radius 2 is 2.36 bits per heavy atom. The molecule has 14 heavy (non-hydrogen) atoms. The van der Waals surface area contributed by atoms with Gasteiger partial charge in [0.1, 0.15) is 5.75 Å². The number of hydrogen-bond donors (Lipinski definition) is 2. The maximum Gasteiger partial charge on any atom is 0.134 e. The van der Waals surface area contributed by atoms with Crippen LogP contribution in [0.3, 0.4) is 0 Å². The lowest BCUT2D eigenvalue weighted by Crippen LogP contribution is -2.23. The molecule has 2 rings (SSSR count). The van der Waals surface area contributed by atoms with Crippen LogP contribution in [0, 0.1) is 0 Å². The van der Waals surface area contributed by atoms with Crippen LogP contribution in [0.25, 0.3) is 0 Å². The van der Waals surface area contributed by atoms with E-state index >= 15 is 0 Å². The van der Waals surface area contributed by atoms with Crippen molar-refractivity contribution in [2.75, 3.05) is 6.54 Å². The molecular weight excluding hydrogens is 198 g/mol. The van der Waals surface area contributed by atoms with Gasteiger partial charge in [-0.3, -0.25) is 0 Å². The number of benzene rings is 1. The van der Waals surface area contributed by atoms with Crippen LogP contribution in [0.4, 0.5) is 0 Å². The molecular formula is C11H14ClNO. The van der Waals surface area contributed by atoms with E-state index in [1.165, 1.54) is 12.8 Å². The highest BCUT2D eigenvalue weighted by molar-refractivity contribution is 6.31. The fraction of sp³-hybridized carbons (Fsp3) is 0.455. The van der Waals surface area contributed by atoms with Gasteiger partial charge in [-0.1, -0.05) is 17.7 Å². The van der Waals surface area contributed by atoms with E-state index in [-0.39, 0.29) is 5.75 Å². The molecule has 1 fully saturated rings. The highest BCUT2D eigenvalue weighted by atomic mass is 35.5. The predicted molar refractivity (Wildman–Crippen MR) is 57.8 cm³/mol. The summed E-state index contributed by atoms with van der Waals surface area (Å²) in [6.45, 7) is 1.12. The summed E-state index contributed by atoms with van der Waals surface area (Å²) in [5, 5.41) is 13.3. The number of halogens is 1. The van der Waals surface area contributed by atoms with E-state index in [4.69, 9.17) is 11.6 Å². The molecule has 1 atom stereocenters. The van der Waals surface area contributed by atoms with Gasteiger partial charge < -0.3 is 10.4 Å². The third-order valence-corrected chi connectivity index (χ3v) is 2.97. The van der Waals surface area contributed by atoms with Crippen LogP contribution in [0.15, 0.2) is 18.2 Å². The first-order valence-electron chi connectivity index (χ1n) is 4.96. The lowest BCUT2D eigenvalue weighted by atomic mass is 10.0. The van der Waals surface area contributed by atoms with E-state index in [0.29, 0.717) is 11.1 Å². The first kappa shape index (κ1) is 9.81. The fourth-order valence-electron chi connectivity index (χ4n) is 1.90. The third-order valence-electron chi connectivity index (χ3n) is 2.66. The normalized spacial score (nSPS) is 21.4. The molecule has 0 radical (unpaired) electrons. The van der Waals surface area contributed by atoms with Crippen molar-refractivity contribution in [2.24, 2.45) is 0 Å². The van der Waals surface area contributed by atoms with E-state index in [1.54, 1.807) is 12.1 Å². The van der Waals surface area contributed by atoms with Crippen LogP contribution in [0.5, 0.6) is 5.75 Å². The minimum Gasteiger partial charge on any atom is -0.506 e. The van der Waals surface area contributed by atoms with Gasteiger partial charge in [-0.2, -0.15) is 0 Å². The Morgan fingerprint density at radius 3 is 3.00 bits per heavy atom. The first-order valence-corrected chi connectivity index (χ1v) is 5.34. The molecule has 0 saturated carbocycles. The van der Waals surface area contributed by atoms with Crippen LogP contribution >= 0.6 is 11.6 Å². The molecule has 1 aromatic carbocycles. The zero-order chi connectivity index (χ0) is 9.97. The minimum atomic E-state index is 0.183. The fourth-order valence-corrected chi connectivity index (χ4v) is 2.02. The van der Waals surface area contributed by atoms with E-state index in [2.05, 4.69) is 5.32 Å². The molecule has 1 unspecified atom stereocenters. The van der Waals surface area contributed by atoms with E-state index in [9.17, 15) is 5.11 Å². The average Bonchev–Trinajstić information content (AvgIpc) is 2.64. The number of rotatable bonds is 2. The van der Waals surface area contributed by atoms with Gasteiger partial charge in [-0.25, -0.2) is 0 Å². The summed E-state index contributed by atoms with van der Waals surface area (Å²) in [5.41, 5.74) is 1.14. The minimum absolute atomic E-state index is 0.183. The van der Waals surface area contributed by atoms with Gasteiger partial charge >= 0.3 is 0 Å². The van der Waals surface area contributed by atoms with Crippen molar-refractivity contribution < 1.29 is 5.11 Å². The van der Waals surface area contributed by atoms with E-state index in [0.717, 1.165) is 18.5 Å². The summed E-state index contributed by atoms with van der Waals surface area (Å²) >= 11 is 5.73. The quantitative estimate of drug-likeness (QED) is 0.787. The molecule has 1 heterocycles. The Morgan fingerprint density at radius 1 is 1.50 bits per heavy atom. The monoisotopic (exact) mass is 211 g/mol. The number of nitrogens with one attached hydrogen (secondary N) is 1. The summed E-state index contributed by atoms with van der Waals surface area (Å²) in [5.74, 6) is 0.183. The highest BCUT2D eigenvalue weighted by Crippen LogP contribution is 2.24. The van der Waals surface area contributed by atoms with Crippen LogP contribution in [-0.4, -0.2) is 17.7 Å². The Hall–Kier alpha value is -0.730. The van der Waals surface area contributed by atoms with Gasteiger partial charge in [-0.15, -0.1) is 0 Å². The Balaban J connectivity index is 2.05. The van der Waals surface area contributed by atoms with Crippen LogP contribution in [-0.2, 0) is 6.42 Å². The first-order chi connectivity index (χ1) is 6.75. The lowest BCUT2D eigenvalue weighted by Gasteiger charge is -2.10. The van der Waals surface area contributed by atoms with E-state index in [1.807, 2.05) is 6.07 Å². The van der Waals surface area contributed by atoms with Crippen LogP contribution in [0.1, 0.15) is 18.4 Å². The summed E-state index contributed by atoms with van der Waals surface area (Å²) in [7, 11) is 0. The number of phenolic OH excluding ortho intramolecular Hbond substituents is 1.